The zero-order valence-corrected chi connectivity index (χ0v) is 14.1. The number of halogens is 2. The van der Waals surface area contributed by atoms with E-state index in [9.17, 15) is 0 Å². The van der Waals surface area contributed by atoms with Crippen molar-refractivity contribution >= 4 is 59.7 Å². The third kappa shape index (κ3) is 2.99. The highest BCUT2D eigenvalue weighted by molar-refractivity contribution is 9.11. The molecule has 0 aromatic heterocycles. The smallest absolute Gasteiger partial charge is 0.110 e. The first-order valence-corrected chi connectivity index (χ1v) is 7.88. The Morgan fingerprint density at radius 2 is 1.48 bits per heavy atom. The SMILES string of the molecule is Nc1c(/N=N/c2ccc(Br)cc2)cc(Br)c2ccccc12. The van der Waals surface area contributed by atoms with Gasteiger partial charge in [0.2, 0.25) is 0 Å². The molecule has 0 atom stereocenters. The number of hydrogen-bond acceptors (Lipinski definition) is 3. The lowest BCUT2D eigenvalue weighted by Gasteiger charge is -2.07. The van der Waals surface area contributed by atoms with Crippen LogP contribution in [-0.2, 0) is 0 Å². The van der Waals surface area contributed by atoms with Crippen LogP contribution in [0.1, 0.15) is 0 Å². The normalized spacial score (nSPS) is 11.3. The number of rotatable bonds is 2. The van der Waals surface area contributed by atoms with Gasteiger partial charge in [-0.1, -0.05) is 56.1 Å². The summed E-state index contributed by atoms with van der Waals surface area (Å²) in [5, 5.41) is 10.5. The topological polar surface area (TPSA) is 50.7 Å². The Morgan fingerprint density at radius 1 is 0.810 bits per heavy atom. The molecule has 3 aromatic carbocycles. The Hall–Kier alpha value is -1.72. The van der Waals surface area contributed by atoms with Crippen LogP contribution >= 0.6 is 31.9 Å². The summed E-state index contributed by atoms with van der Waals surface area (Å²) >= 11 is 6.95. The molecule has 0 aliphatic rings. The van der Waals surface area contributed by atoms with E-state index >= 15 is 0 Å². The van der Waals surface area contributed by atoms with Crippen LogP contribution in [0.25, 0.3) is 10.8 Å². The van der Waals surface area contributed by atoms with Gasteiger partial charge in [0.15, 0.2) is 0 Å². The minimum atomic E-state index is 0.634. The van der Waals surface area contributed by atoms with E-state index in [1.54, 1.807) is 0 Å². The van der Waals surface area contributed by atoms with Crippen LogP contribution in [0.15, 0.2) is 73.8 Å². The van der Waals surface area contributed by atoms with Crippen LogP contribution in [0.3, 0.4) is 0 Å². The summed E-state index contributed by atoms with van der Waals surface area (Å²) in [7, 11) is 0. The van der Waals surface area contributed by atoms with E-state index in [0.29, 0.717) is 11.4 Å². The molecule has 0 heterocycles. The van der Waals surface area contributed by atoms with Crippen LogP contribution in [-0.4, -0.2) is 0 Å². The van der Waals surface area contributed by atoms with E-state index in [-0.39, 0.29) is 0 Å². The predicted molar refractivity (Wildman–Crippen MR) is 94.4 cm³/mol. The molecule has 0 radical (unpaired) electrons. The van der Waals surface area contributed by atoms with E-state index in [2.05, 4.69) is 42.1 Å². The summed E-state index contributed by atoms with van der Waals surface area (Å²) in [6.45, 7) is 0. The minimum Gasteiger partial charge on any atom is -0.396 e. The second-order valence-corrected chi connectivity index (χ2v) is 6.28. The first kappa shape index (κ1) is 14.2. The molecule has 0 saturated carbocycles. The molecular formula is C16H11Br2N3. The lowest BCUT2D eigenvalue weighted by Crippen LogP contribution is -1.88. The zero-order valence-electron chi connectivity index (χ0n) is 10.9. The van der Waals surface area contributed by atoms with Crippen molar-refractivity contribution in [3.63, 3.8) is 0 Å². The average Bonchev–Trinajstić information content (AvgIpc) is 2.51. The first-order valence-electron chi connectivity index (χ1n) is 6.29. The van der Waals surface area contributed by atoms with Crippen LogP contribution in [0.2, 0.25) is 0 Å². The number of benzene rings is 3. The van der Waals surface area contributed by atoms with Gasteiger partial charge in [-0.2, -0.15) is 5.11 Å². The van der Waals surface area contributed by atoms with Crippen LogP contribution < -0.4 is 5.73 Å². The maximum absolute atomic E-state index is 6.19. The third-order valence-electron chi connectivity index (χ3n) is 3.11. The van der Waals surface area contributed by atoms with Crippen molar-refractivity contribution in [2.75, 3.05) is 5.73 Å². The van der Waals surface area contributed by atoms with Gasteiger partial charge in [0.05, 0.1) is 11.4 Å². The van der Waals surface area contributed by atoms with Crippen molar-refractivity contribution in [1.82, 2.24) is 0 Å². The number of fused-ring (bicyclic) bond motifs is 1. The van der Waals surface area contributed by atoms with Gasteiger partial charge in [0.1, 0.15) is 5.69 Å². The molecule has 21 heavy (non-hydrogen) atoms. The molecule has 0 aliphatic carbocycles. The minimum absolute atomic E-state index is 0.634. The standard InChI is InChI=1S/C16H11Br2N3/c17-10-5-7-11(8-6-10)20-21-15-9-14(18)12-3-1-2-4-13(12)16(15)19/h1-9H,19H2/b21-20+. The van der Waals surface area contributed by atoms with Gasteiger partial charge in [0.25, 0.3) is 0 Å². The number of nitrogens with zero attached hydrogens (tertiary/aromatic N) is 2. The molecule has 5 heteroatoms. The molecule has 3 aromatic rings. The molecule has 104 valence electrons. The van der Waals surface area contributed by atoms with Crippen molar-refractivity contribution in [3.05, 3.63) is 63.5 Å². The van der Waals surface area contributed by atoms with Crippen molar-refractivity contribution in [2.45, 2.75) is 0 Å². The zero-order chi connectivity index (χ0) is 14.8. The van der Waals surface area contributed by atoms with Gasteiger partial charge in [-0.05, 0) is 35.7 Å². The summed E-state index contributed by atoms with van der Waals surface area (Å²) in [6, 6.07) is 17.5. The molecule has 3 nitrogen and oxygen atoms in total. The first-order chi connectivity index (χ1) is 10.1. The third-order valence-corrected chi connectivity index (χ3v) is 4.30. The van der Waals surface area contributed by atoms with Gasteiger partial charge in [-0.15, -0.1) is 5.11 Å². The molecule has 3 rings (SSSR count). The van der Waals surface area contributed by atoms with Crippen molar-refractivity contribution in [2.24, 2.45) is 10.2 Å². The van der Waals surface area contributed by atoms with E-state index in [0.717, 1.165) is 25.4 Å². The van der Waals surface area contributed by atoms with Crippen molar-refractivity contribution < 1.29 is 0 Å². The number of nitrogen functional groups attached to an aromatic ring is 1. The molecule has 0 bridgehead atoms. The van der Waals surface area contributed by atoms with E-state index in [1.165, 1.54) is 0 Å². The second-order valence-electron chi connectivity index (χ2n) is 4.51. The fraction of sp³-hybridized carbons (Fsp3) is 0. The lowest BCUT2D eigenvalue weighted by atomic mass is 10.1. The largest absolute Gasteiger partial charge is 0.396 e. The number of hydrogen-bond donors (Lipinski definition) is 1. The maximum Gasteiger partial charge on any atom is 0.110 e. The van der Waals surface area contributed by atoms with Gasteiger partial charge in [-0.25, -0.2) is 0 Å². The number of anilines is 1. The molecule has 2 N–H and O–H groups in total. The van der Waals surface area contributed by atoms with Gasteiger partial charge < -0.3 is 5.73 Å². The van der Waals surface area contributed by atoms with E-state index < -0.39 is 0 Å². The fourth-order valence-electron chi connectivity index (χ4n) is 2.04. The quantitative estimate of drug-likeness (QED) is 0.391. The number of nitrogens with two attached hydrogens (primary N) is 1. The molecule has 0 unspecified atom stereocenters. The fourth-order valence-corrected chi connectivity index (χ4v) is 2.87. The summed E-state index contributed by atoms with van der Waals surface area (Å²) in [5.74, 6) is 0. The summed E-state index contributed by atoms with van der Waals surface area (Å²) in [4.78, 5) is 0. The lowest BCUT2D eigenvalue weighted by molar-refractivity contribution is 1.23. The summed E-state index contributed by atoms with van der Waals surface area (Å²) in [5.41, 5.74) is 8.26. The highest BCUT2D eigenvalue weighted by Gasteiger charge is 2.07. The molecule has 0 aliphatic heterocycles. The summed E-state index contributed by atoms with van der Waals surface area (Å²) < 4.78 is 1.96. The van der Waals surface area contributed by atoms with E-state index in [4.69, 9.17) is 5.73 Å². The maximum atomic E-state index is 6.19. The van der Waals surface area contributed by atoms with Gasteiger partial charge >= 0.3 is 0 Å². The average molecular weight is 405 g/mol. The van der Waals surface area contributed by atoms with Crippen LogP contribution in [0.4, 0.5) is 17.1 Å². The molecular weight excluding hydrogens is 394 g/mol. The Kier molecular flexibility index (Phi) is 4.03. The van der Waals surface area contributed by atoms with Gasteiger partial charge in [0, 0.05) is 14.3 Å². The van der Waals surface area contributed by atoms with E-state index in [1.807, 2.05) is 54.6 Å². The van der Waals surface area contributed by atoms with Crippen LogP contribution in [0.5, 0.6) is 0 Å². The van der Waals surface area contributed by atoms with Crippen molar-refractivity contribution in [1.29, 1.82) is 0 Å². The highest BCUT2D eigenvalue weighted by atomic mass is 79.9. The van der Waals surface area contributed by atoms with Crippen molar-refractivity contribution in [3.8, 4) is 0 Å². The molecule has 0 amide bonds. The molecule has 0 spiro atoms. The predicted octanol–water partition coefficient (Wildman–Crippen LogP) is 6.36. The monoisotopic (exact) mass is 403 g/mol. The Labute approximate surface area is 139 Å². The Balaban J connectivity index is 2.04. The Bertz CT molecular complexity index is 827. The molecule has 0 fully saturated rings. The number of azo groups is 1. The van der Waals surface area contributed by atoms with Gasteiger partial charge in [-0.3, -0.25) is 0 Å². The highest BCUT2D eigenvalue weighted by Crippen LogP contribution is 2.37. The van der Waals surface area contributed by atoms with Crippen LogP contribution in [0, 0.1) is 0 Å². The Morgan fingerprint density at radius 3 is 2.19 bits per heavy atom. The second kappa shape index (κ2) is 5.95. The summed E-state index contributed by atoms with van der Waals surface area (Å²) in [6.07, 6.45) is 0. The molecule has 0 saturated heterocycles.